The Hall–Kier alpha value is -2.09. The summed E-state index contributed by atoms with van der Waals surface area (Å²) in [6.07, 6.45) is 7.52. The van der Waals surface area contributed by atoms with E-state index in [1.165, 1.54) is 0 Å². The molecular weight excluding hydrogens is 425 g/mol. The molecule has 3 aromatic rings. The third-order valence-corrected chi connectivity index (χ3v) is 7.11. The van der Waals surface area contributed by atoms with E-state index in [1.807, 2.05) is 25.4 Å². The third kappa shape index (κ3) is 3.49. The molecule has 158 valence electrons. The van der Waals surface area contributed by atoms with Gasteiger partial charge in [-0.05, 0) is 49.9 Å². The van der Waals surface area contributed by atoms with Crippen molar-refractivity contribution in [2.24, 2.45) is 12.5 Å². The van der Waals surface area contributed by atoms with Crippen molar-refractivity contribution in [1.82, 2.24) is 24.9 Å². The van der Waals surface area contributed by atoms with Crippen LogP contribution < -0.4 is 10.3 Å². The average molecular weight is 448 g/mol. The number of aromatic nitrogens is 4. The third-order valence-electron chi connectivity index (χ3n) is 6.33. The van der Waals surface area contributed by atoms with Gasteiger partial charge in [-0.3, -0.25) is 9.48 Å². The lowest BCUT2D eigenvalue weighted by Gasteiger charge is -2.58. The fourth-order valence-corrected chi connectivity index (χ4v) is 5.39. The standard InChI is InChI=1S/C21H23Cl2N5O2/c1-27-19-14(10-25-27)4-5-16(18(19)23)30-15-7-21(8-15)11-28(12-21)6-2-3-13-9-24-26-20(29)17(13)22/h4-5,9-10,15H,2-3,6-8,11-12H2,1H3,(H,26,29). The molecule has 2 aromatic heterocycles. The molecule has 0 amide bonds. The molecule has 0 bridgehead atoms. The molecule has 5 rings (SSSR count). The van der Waals surface area contributed by atoms with E-state index >= 15 is 0 Å². The van der Waals surface area contributed by atoms with Gasteiger partial charge in [-0.2, -0.15) is 10.2 Å². The Labute approximate surface area is 183 Å². The van der Waals surface area contributed by atoms with Crippen molar-refractivity contribution in [3.63, 3.8) is 0 Å². The van der Waals surface area contributed by atoms with E-state index in [0.717, 1.165) is 67.5 Å². The van der Waals surface area contributed by atoms with Crippen LogP contribution in [0.1, 0.15) is 24.8 Å². The van der Waals surface area contributed by atoms with Gasteiger partial charge in [-0.15, -0.1) is 0 Å². The normalized spacial score (nSPS) is 18.5. The van der Waals surface area contributed by atoms with Crippen LogP contribution in [0.4, 0.5) is 0 Å². The quantitative estimate of drug-likeness (QED) is 0.626. The molecule has 7 nitrogen and oxygen atoms in total. The van der Waals surface area contributed by atoms with Crippen LogP contribution in [0, 0.1) is 5.41 Å². The van der Waals surface area contributed by atoms with Crippen molar-refractivity contribution in [3.8, 4) is 5.75 Å². The predicted octanol–water partition coefficient (Wildman–Crippen LogP) is 3.44. The summed E-state index contributed by atoms with van der Waals surface area (Å²) in [6, 6.07) is 3.95. The van der Waals surface area contributed by atoms with E-state index in [1.54, 1.807) is 10.9 Å². The highest BCUT2D eigenvalue weighted by Gasteiger charge is 2.53. The first-order valence-corrected chi connectivity index (χ1v) is 10.9. The van der Waals surface area contributed by atoms with Crippen LogP contribution in [0.2, 0.25) is 10.0 Å². The average Bonchev–Trinajstić information content (AvgIpc) is 3.04. The number of likely N-dealkylation sites (tertiary alicyclic amines) is 1. The second-order valence-corrected chi connectivity index (χ2v) is 9.34. The van der Waals surface area contributed by atoms with Crippen LogP contribution >= 0.6 is 23.2 Å². The molecule has 1 aliphatic carbocycles. The van der Waals surface area contributed by atoms with Gasteiger partial charge in [0.25, 0.3) is 5.56 Å². The van der Waals surface area contributed by atoms with Crippen molar-refractivity contribution in [3.05, 3.63) is 50.5 Å². The fourth-order valence-electron chi connectivity index (χ4n) is 4.87. The number of rotatable bonds is 6. The summed E-state index contributed by atoms with van der Waals surface area (Å²) in [6.45, 7) is 3.20. The van der Waals surface area contributed by atoms with Gasteiger partial charge >= 0.3 is 0 Å². The molecule has 2 aliphatic rings. The number of hydrogen-bond donors (Lipinski definition) is 1. The molecule has 9 heteroatoms. The van der Waals surface area contributed by atoms with Crippen LogP contribution in [-0.4, -0.2) is 50.6 Å². The summed E-state index contributed by atoms with van der Waals surface area (Å²) < 4.78 is 7.98. The second kappa shape index (κ2) is 7.55. The lowest BCUT2D eigenvalue weighted by molar-refractivity contribution is -0.118. The van der Waals surface area contributed by atoms with Gasteiger partial charge < -0.3 is 9.64 Å². The van der Waals surface area contributed by atoms with Crippen LogP contribution in [0.5, 0.6) is 5.75 Å². The molecule has 1 N–H and O–H groups in total. The molecule has 0 unspecified atom stereocenters. The second-order valence-electron chi connectivity index (χ2n) is 8.58. The molecule has 1 spiro atoms. The van der Waals surface area contributed by atoms with Gasteiger partial charge in [-0.1, -0.05) is 23.2 Å². The zero-order valence-electron chi connectivity index (χ0n) is 16.7. The van der Waals surface area contributed by atoms with Gasteiger partial charge in [0.1, 0.15) is 21.9 Å². The number of benzene rings is 1. The Morgan fingerprint density at radius 1 is 1.23 bits per heavy atom. The summed E-state index contributed by atoms with van der Waals surface area (Å²) in [5.41, 5.74) is 1.79. The maximum Gasteiger partial charge on any atom is 0.283 e. The molecule has 1 aliphatic heterocycles. The SMILES string of the molecule is Cn1ncc2ccc(OC3CC4(C3)CN(CCCc3cn[nH]c(=O)c3Cl)C4)c(Cl)c21. The van der Waals surface area contributed by atoms with Crippen LogP contribution in [-0.2, 0) is 13.5 Å². The van der Waals surface area contributed by atoms with E-state index in [0.29, 0.717) is 10.4 Å². The maximum absolute atomic E-state index is 11.5. The summed E-state index contributed by atoms with van der Waals surface area (Å²) in [7, 11) is 1.89. The molecule has 30 heavy (non-hydrogen) atoms. The zero-order valence-corrected chi connectivity index (χ0v) is 18.2. The summed E-state index contributed by atoms with van der Waals surface area (Å²) in [4.78, 5) is 14.0. The largest absolute Gasteiger partial charge is 0.489 e. The minimum Gasteiger partial charge on any atom is -0.489 e. The van der Waals surface area contributed by atoms with Crippen molar-refractivity contribution >= 4 is 34.1 Å². The number of nitrogens with zero attached hydrogens (tertiary/aromatic N) is 4. The predicted molar refractivity (Wildman–Crippen MR) is 116 cm³/mol. The first-order valence-electron chi connectivity index (χ1n) is 10.2. The van der Waals surface area contributed by atoms with E-state index in [-0.39, 0.29) is 16.7 Å². The topological polar surface area (TPSA) is 76.0 Å². The molecule has 0 atom stereocenters. The van der Waals surface area contributed by atoms with Crippen LogP contribution in [0.15, 0.2) is 29.3 Å². The number of aryl methyl sites for hydroxylation is 2. The highest BCUT2D eigenvalue weighted by Crippen LogP contribution is 2.50. The highest BCUT2D eigenvalue weighted by atomic mass is 35.5. The Morgan fingerprint density at radius 3 is 2.83 bits per heavy atom. The Kier molecular flexibility index (Phi) is 5.00. The maximum atomic E-state index is 11.5. The van der Waals surface area contributed by atoms with Gasteiger partial charge in [0.2, 0.25) is 0 Å². The number of H-pyrrole nitrogens is 1. The number of nitrogens with one attached hydrogen (secondary N) is 1. The van der Waals surface area contributed by atoms with E-state index in [2.05, 4.69) is 20.2 Å². The number of ether oxygens (including phenoxy) is 1. The molecule has 0 radical (unpaired) electrons. The number of halogens is 2. The minimum atomic E-state index is -0.319. The molecular formula is C21H23Cl2N5O2. The summed E-state index contributed by atoms with van der Waals surface area (Å²) >= 11 is 12.6. The van der Waals surface area contributed by atoms with E-state index in [9.17, 15) is 4.79 Å². The van der Waals surface area contributed by atoms with Gasteiger partial charge in [0.05, 0.1) is 17.9 Å². The smallest absolute Gasteiger partial charge is 0.283 e. The van der Waals surface area contributed by atoms with Crippen molar-refractivity contribution in [2.75, 3.05) is 19.6 Å². The Morgan fingerprint density at radius 2 is 2.03 bits per heavy atom. The fraction of sp³-hybridized carbons (Fsp3) is 0.476. The molecule has 1 saturated heterocycles. The lowest BCUT2D eigenvalue weighted by Crippen LogP contribution is -2.64. The summed E-state index contributed by atoms with van der Waals surface area (Å²) in [5.74, 6) is 0.743. The van der Waals surface area contributed by atoms with Crippen LogP contribution in [0.3, 0.4) is 0 Å². The van der Waals surface area contributed by atoms with Crippen molar-refractivity contribution in [1.29, 1.82) is 0 Å². The molecule has 1 saturated carbocycles. The molecule has 1 aromatic carbocycles. The lowest BCUT2D eigenvalue weighted by atomic mass is 9.61. The molecule has 3 heterocycles. The summed E-state index contributed by atoms with van der Waals surface area (Å²) in [5, 5.41) is 12.3. The molecule has 2 fully saturated rings. The van der Waals surface area contributed by atoms with Gasteiger partial charge in [-0.25, -0.2) is 5.10 Å². The monoisotopic (exact) mass is 447 g/mol. The van der Waals surface area contributed by atoms with Crippen molar-refractivity contribution < 1.29 is 4.74 Å². The number of hydrogen-bond acceptors (Lipinski definition) is 5. The van der Waals surface area contributed by atoms with E-state index < -0.39 is 0 Å². The number of aromatic amines is 1. The highest BCUT2D eigenvalue weighted by molar-refractivity contribution is 6.36. The zero-order chi connectivity index (χ0) is 20.9. The minimum absolute atomic E-state index is 0.219. The van der Waals surface area contributed by atoms with E-state index in [4.69, 9.17) is 27.9 Å². The Bertz CT molecular complexity index is 1140. The van der Waals surface area contributed by atoms with Crippen LogP contribution in [0.25, 0.3) is 10.9 Å². The van der Waals surface area contributed by atoms with Gasteiger partial charge in [0, 0.05) is 30.9 Å². The van der Waals surface area contributed by atoms with Crippen molar-refractivity contribution in [2.45, 2.75) is 31.8 Å². The van der Waals surface area contributed by atoms with Gasteiger partial charge in [0.15, 0.2) is 0 Å². The first-order chi connectivity index (χ1) is 14.4. The Balaban J connectivity index is 1.09. The number of fused-ring (bicyclic) bond motifs is 1. The first kappa shape index (κ1) is 19.8.